The zero-order valence-corrected chi connectivity index (χ0v) is 19.7. The third-order valence-electron chi connectivity index (χ3n) is 5.48. The van der Waals surface area contributed by atoms with Crippen LogP contribution in [0.4, 0.5) is 5.69 Å². The van der Waals surface area contributed by atoms with Crippen molar-refractivity contribution < 1.29 is 13.2 Å². The van der Waals surface area contributed by atoms with E-state index in [0.29, 0.717) is 11.6 Å². The minimum absolute atomic E-state index is 0.0630. The Kier molecular flexibility index (Phi) is 6.32. The van der Waals surface area contributed by atoms with Crippen LogP contribution in [0, 0.1) is 13.8 Å². The molecule has 0 aromatic heterocycles. The Hall–Kier alpha value is -2.03. The van der Waals surface area contributed by atoms with Gasteiger partial charge in [-0.25, -0.2) is 8.42 Å². The number of hydrogen-bond donors (Lipinski definition) is 1. The Morgan fingerprint density at radius 3 is 2.68 bits per heavy atom. The number of halogens is 1. The van der Waals surface area contributed by atoms with Gasteiger partial charge in [-0.1, -0.05) is 47.6 Å². The number of amides is 1. The van der Waals surface area contributed by atoms with Crippen molar-refractivity contribution in [1.82, 2.24) is 4.90 Å². The van der Waals surface area contributed by atoms with Crippen LogP contribution in [-0.4, -0.2) is 53.7 Å². The second-order valence-electron chi connectivity index (χ2n) is 8.03. The molecule has 0 unspecified atom stereocenters. The summed E-state index contributed by atoms with van der Waals surface area (Å²) in [4.78, 5) is 19.3. The molecule has 9 heteroatoms. The van der Waals surface area contributed by atoms with Crippen molar-refractivity contribution in [2.45, 2.75) is 32.5 Å². The minimum Gasteiger partial charge on any atom is -0.341 e. The van der Waals surface area contributed by atoms with Crippen LogP contribution < -0.4 is 5.32 Å². The summed E-state index contributed by atoms with van der Waals surface area (Å²) in [7, 11) is -3.10. The number of nitrogens with one attached hydrogen (secondary N) is 1. The molecule has 4 rings (SSSR count). The molecule has 0 radical (unpaired) electrons. The summed E-state index contributed by atoms with van der Waals surface area (Å²) in [5.41, 5.74) is 3.91. The number of rotatable bonds is 5. The molecule has 2 atom stereocenters. The lowest BCUT2D eigenvalue weighted by molar-refractivity contribution is -0.113. The van der Waals surface area contributed by atoms with Crippen LogP contribution in [0.25, 0.3) is 0 Å². The summed E-state index contributed by atoms with van der Waals surface area (Å²) in [6, 6.07) is 13.0. The quantitative estimate of drug-likeness (QED) is 0.710. The molecule has 2 aliphatic heterocycles. The maximum atomic E-state index is 12.6. The number of anilines is 1. The molecule has 2 heterocycles. The van der Waals surface area contributed by atoms with Crippen molar-refractivity contribution in [3.8, 4) is 0 Å². The van der Waals surface area contributed by atoms with Crippen LogP contribution >= 0.6 is 23.4 Å². The van der Waals surface area contributed by atoms with Gasteiger partial charge in [-0.15, -0.1) is 0 Å². The first kappa shape index (κ1) is 22.2. The van der Waals surface area contributed by atoms with Crippen molar-refractivity contribution in [2.24, 2.45) is 4.99 Å². The van der Waals surface area contributed by atoms with Gasteiger partial charge in [0.2, 0.25) is 5.91 Å². The summed E-state index contributed by atoms with van der Waals surface area (Å²) in [6.45, 7) is 4.47. The van der Waals surface area contributed by atoms with Crippen LogP contribution in [0.1, 0.15) is 16.7 Å². The van der Waals surface area contributed by atoms with E-state index in [2.05, 4.69) is 10.3 Å². The molecule has 1 amide bonds. The SMILES string of the molecule is Cc1ccc(C)c(NC(=O)CSC2=N[C@@H]3CS(=O)(=O)C[C@H]3N2Cc2ccc(Cl)cc2)c1. The van der Waals surface area contributed by atoms with E-state index in [9.17, 15) is 13.2 Å². The smallest absolute Gasteiger partial charge is 0.234 e. The second-order valence-corrected chi connectivity index (χ2v) is 11.6. The largest absolute Gasteiger partial charge is 0.341 e. The van der Waals surface area contributed by atoms with Crippen LogP contribution in [0.15, 0.2) is 47.5 Å². The van der Waals surface area contributed by atoms with Gasteiger partial charge < -0.3 is 10.2 Å². The molecule has 0 bridgehead atoms. The number of thioether (sulfide) groups is 1. The Bertz CT molecular complexity index is 1130. The molecule has 0 saturated carbocycles. The monoisotopic (exact) mass is 477 g/mol. The molecule has 2 aliphatic rings. The summed E-state index contributed by atoms with van der Waals surface area (Å²) < 4.78 is 24.3. The van der Waals surface area contributed by atoms with Gasteiger partial charge in [0.25, 0.3) is 0 Å². The summed E-state index contributed by atoms with van der Waals surface area (Å²) in [5.74, 6) is 0.244. The van der Waals surface area contributed by atoms with E-state index in [-0.39, 0.29) is 35.2 Å². The predicted molar refractivity (Wildman–Crippen MR) is 128 cm³/mol. The first-order valence-electron chi connectivity index (χ1n) is 9.99. The molecule has 0 spiro atoms. The van der Waals surface area contributed by atoms with Gasteiger partial charge in [0, 0.05) is 17.3 Å². The van der Waals surface area contributed by atoms with Gasteiger partial charge >= 0.3 is 0 Å². The van der Waals surface area contributed by atoms with Gasteiger partial charge in [-0.3, -0.25) is 9.79 Å². The Morgan fingerprint density at radius 2 is 1.94 bits per heavy atom. The number of aliphatic imine (C=N–C) groups is 1. The third-order valence-corrected chi connectivity index (χ3v) is 8.44. The lowest BCUT2D eigenvalue weighted by Gasteiger charge is -2.26. The first-order chi connectivity index (χ1) is 14.7. The normalized spacial score (nSPS) is 21.6. The summed E-state index contributed by atoms with van der Waals surface area (Å²) >= 11 is 7.34. The number of nitrogens with zero attached hydrogens (tertiary/aromatic N) is 2. The third kappa shape index (κ3) is 5.25. The average molecular weight is 478 g/mol. The predicted octanol–water partition coefficient (Wildman–Crippen LogP) is 3.67. The average Bonchev–Trinajstić information content (AvgIpc) is 3.17. The molecular weight excluding hydrogens is 454 g/mol. The topological polar surface area (TPSA) is 78.8 Å². The molecule has 0 aliphatic carbocycles. The van der Waals surface area contributed by atoms with Gasteiger partial charge in [0.1, 0.15) is 0 Å². The highest BCUT2D eigenvalue weighted by Crippen LogP contribution is 2.32. The standard InChI is InChI=1S/C22H24ClN3O3S2/c1-14-3-4-15(2)18(9-14)24-21(27)11-30-22-25-19-12-31(28,29)13-20(19)26(22)10-16-5-7-17(23)8-6-16/h3-9,19-20H,10-13H2,1-2H3,(H,24,27)/t19-,20-/m1/s1. The fourth-order valence-corrected chi connectivity index (χ4v) is 6.78. The molecular formula is C22H24ClN3O3S2. The summed E-state index contributed by atoms with van der Waals surface area (Å²) in [5, 5.41) is 4.33. The summed E-state index contributed by atoms with van der Waals surface area (Å²) in [6.07, 6.45) is 0. The highest BCUT2D eigenvalue weighted by Gasteiger charge is 2.46. The Labute approximate surface area is 192 Å². The number of carbonyl (C=O) groups excluding carboxylic acids is 1. The molecule has 1 N–H and O–H groups in total. The van der Waals surface area contributed by atoms with E-state index in [1.807, 2.05) is 61.2 Å². The number of amidine groups is 1. The number of fused-ring (bicyclic) bond motifs is 1. The van der Waals surface area contributed by atoms with Crippen molar-refractivity contribution in [2.75, 3.05) is 22.6 Å². The number of hydrogen-bond acceptors (Lipinski definition) is 6. The van der Waals surface area contributed by atoms with E-state index >= 15 is 0 Å². The van der Waals surface area contributed by atoms with Crippen LogP contribution in [0.3, 0.4) is 0 Å². The highest BCUT2D eigenvalue weighted by molar-refractivity contribution is 8.14. The highest BCUT2D eigenvalue weighted by atomic mass is 35.5. The molecule has 2 aromatic rings. The van der Waals surface area contributed by atoms with E-state index in [1.165, 1.54) is 11.8 Å². The van der Waals surface area contributed by atoms with Gasteiger partial charge in [-0.05, 0) is 48.7 Å². The van der Waals surface area contributed by atoms with E-state index < -0.39 is 9.84 Å². The van der Waals surface area contributed by atoms with E-state index in [4.69, 9.17) is 11.6 Å². The second kappa shape index (κ2) is 8.84. The van der Waals surface area contributed by atoms with Crippen LogP contribution in [0.5, 0.6) is 0 Å². The molecule has 2 aromatic carbocycles. The fourth-order valence-electron chi connectivity index (χ4n) is 3.87. The van der Waals surface area contributed by atoms with Crippen molar-refractivity contribution in [1.29, 1.82) is 0 Å². The lowest BCUT2D eigenvalue weighted by Crippen LogP contribution is -2.38. The van der Waals surface area contributed by atoms with Crippen molar-refractivity contribution >= 4 is 50.0 Å². The van der Waals surface area contributed by atoms with Crippen LogP contribution in [0.2, 0.25) is 5.02 Å². The van der Waals surface area contributed by atoms with E-state index in [0.717, 1.165) is 27.5 Å². The first-order valence-corrected chi connectivity index (χ1v) is 13.2. The maximum absolute atomic E-state index is 12.6. The fraction of sp³-hybridized carbons (Fsp3) is 0.364. The van der Waals surface area contributed by atoms with Crippen molar-refractivity contribution in [3.05, 3.63) is 64.2 Å². The van der Waals surface area contributed by atoms with Gasteiger partial charge in [-0.2, -0.15) is 0 Å². The molecule has 31 heavy (non-hydrogen) atoms. The molecule has 6 nitrogen and oxygen atoms in total. The number of benzene rings is 2. The minimum atomic E-state index is -3.10. The Balaban J connectivity index is 1.46. The molecule has 1 fully saturated rings. The van der Waals surface area contributed by atoms with Crippen molar-refractivity contribution in [3.63, 3.8) is 0 Å². The van der Waals surface area contributed by atoms with Gasteiger partial charge in [0.15, 0.2) is 15.0 Å². The number of aryl methyl sites for hydroxylation is 2. The van der Waals surface area contributed by atoms with E-state index in [1.54, 1.807) is 0 Å². The molecule has 1 saturated heterocycles. The van der Waals surface area contributed by atoms with Crippen LogP contribution in [-0.2, 0) is 21.2 Å². The zero-order chi connectivity index (χ0) is 22.2. The number of carbonyl (C=O) groups is 1. The zero-order valence-electron chi connectivity index (χ0n) is 17.3. The van der Waals surface area contributed by atoms with Gasteiger partial charge in [0.05, 0.1) is 29.3 Å². The number of sulfone groups is 1. The maximum Gasteiger partial charge on any atom is 0.234 e. The Morgan fingerprint density at radius 1 is 1.19 bits per heavy atom. The molecule has 164 valence electrons. The lowest BCUT2D eigenvalue weighted by atomic mass is 10.1.